The fraction of sp³-hybridized carbons (Fsp3) is 0.360. The Labute approximate surface area is 195 Å². The van der Waals surface area contributed by atoms with Crippen LogP contribution in [0.2, 0.25) is 0 Å². The number of rotatable bonds is 5. The van der Waals surface area contributed by atoms with Gasteiger partial charge in [-0.1, -0.05) is 13.0 Å². The number of halogens is 2. The van der Waals surface area contributed by atoms with E-state index in [9.17, 15) is 23.8 Å². The number of nitrogens with zero attached hydrogens (tertiary/aromatic N) is 3. The Morgan fingerprint density at radius 1 is 1.21 bits per heavy atom. The van der Waals surface area contributed by atoms with Crippen LogP contribution in [-0.4, -0.2) is 42.7 Å². The van der Waals surface area contributed by atoms with Crippen molar-refractivity contribution in [3.8, 4) is 11.4 Å². The molecule has 0 unspecified atom stereocenters. The predicted molar refractivity (Wildman–Crippen MR) is 122 cm³/mol. The Morgan fingerprint density at radius 3 is 2.59 bits per heavy atom. The molecule has 0 spiro atoms. The maximum atomic E-state index is 14.2. The van der Waals surface area contributed by atoms with Crippen molar-refractivity contribution in [2.24, 2.45) is 5.92 Å². The van der Waals surface area contributed by atoms with Gasteiger partial charge in [0.05, 0.1) is 29.2 Å². The van der Waals surface area contributed by atoms with Crippen LogP contribution in [0, 0.1) is 17.6 Å². The Bertz CT molecular complexity index is 1200. The van der Waals surface area contributed by atoms with Crippen LogP contribution in [0.4, 0.5) is 14.5 Å². The van der Waals surface area contributed by atoms with E-state index in [4.69, 9.17) is 5.73 Å². The topological polar surface area (TPSA) is 122 Å². The average Bonchev–Trinajstić information content (AvgIpc) is 2.78. The first-order chi connectivity index (χ1) is 16.1. The summed E-state index contributed by atoms with van der Waals surface area (Å²) < 4.78 is 28.4. The summed E-state index contributed by atoms with van der Waals surface area (Å²) in [6, 6.07) is 5.19. The summed E-state index contributed by atoms with van der Waals surface area (Å²) in [6.07, 6.45) is 4.31. The molecule has 1 fully saturated rings. The molecule has 2 heterocycles. The molecule has 7 nitrogen and oxygen atoms in total. The van der Waals surface area contributed by atoms with Gasteiger partial charge >= 0.3 is 0 Å². The standard InChI is InChI=1S/C25H26F2N4O3/c1-13-8-14(10-21(33)25(13,2)34)16-6-7-29-11-15(16)9-20(32)23-19(28)12-30-24(31-23)22-17(26)4-3-5-18(22)27/h3-7,11-14,21,33-34H,8-10,28H2,1-2H3/t13-,14+,21+,25+/m0/s1. The van der Waals surface area contributed by atoms with Crippen LogP contribution in [0.5, 0.6) is 0 Å². The van der Waals surface area contributed by atoms with Crippen molar-refractivity contribution in [2.75, 3.05) is 5.73 Å². The number of nitrogens with two attached hydrogens (primary N) is 1. The van der Waals surface area contributed by atoms with Crippen molar-refractivity contribution in [1.82, 2.24) is 15.0 Å². The molecule has 34 heavy (non-hydrogen) atoms. The van der Waals surface area contributed by atoms with Crippen LogP contribution in [0.3, 0.4) is 0 Å². The molecule has 4 atom stereocenters. The minimum absolute atomic E-state index is 0.00584. The Morgan fingerprint density at radius 2 is 1.91 bits per heavy atom. The molecule has 1 aliphatic rings. The average molecular weight is 469 g/mol. The van der Waals surface area contributed by atoms with Gasteiger partial charge in [-0.05, 0) is 60.9 Å². The molecule has 2 aromatic heterocycles. The largest absolute Gasteiger partial charge is 0.396 e. The van der Waals surface area contributed by atoms with Gasteiger partial charge < -0.3 is 15.9 Å². The lowest BCUT2D eigenvalue weighted by molar-refractivity contribution is -0.123. The molecule has 0 radical (unpaired) electrons. The van der Waals surface area contributed by atoms with Crippen molar-refractivity contribution in [3.63, 3.8) is 0 Å². The molecular formula is C25H26F2N4O3. The number of nitrogen functional groups attached to an aromatic ring is 1. The summed E-state index contributed by atoms with van der Waals surface area (Å²) in [4.78, 5) is 25.3. The van der Waals surface area contributed by atoms with E-state index >= 15 is 0 Å². The van der Waals surface area contributed by atoms with Gasteiger partial charge in [0.15, 0.2) is 11.6 Å². The third-order valence-electron chi connectivity index (χ3n) is 6.82. The zero-order valence-electron chi connectivity index (χ0n) is 18.9. The number of Topliss-reactive ketones (excluding diaryl/α,β-unsaturated/α-hetero) is 1. The summed E-state index contributed by atoms with van der Waals surface area (Å²) in [6.45, 7) is 3.51. The number of aromatic nitrogens is 3. The molecule has 4 rings (SSSR count). The van der Waals surface area contributed by atoms with Crippen molar-refractivity contribution in [3.05, 3.63) is 71.3 Å². The van der Waals surface area contributed by atoms with E-state index < -0.39 is 34.7 Å². The lowest BCUT2D eigenvalue weighted by Gasteiger charge is -2.43. The van der Waals surface area contributed by atoms with Crippen LogP contribution in [0.1, 0.15) is 54.2 Å². The number of pyridine rings is 1. The number of anilines is 1. The first-order valence-electron chi connectivity index (χ1n) is 11.0. The molecule has 0 amide bonds. The predicted octanol–water partition coefficient (Wildman–Crippen LogP) is 3.45. The third kappa shape index (κ3) is 4.41. The van der Waals surface area contributed by atoms with Gasteiger partial charge in [-0.2, -0.15) is 0 Å². The number of hydrogen-bond donors (Lipinski definition) is 3. The number of ketones is 1. The first-order valence-corrected chi connectivity index (χ1v) is 11.0. The zero-order valence-corrected chi connectivity index (χ0v) is 18.9. The minimum atomic E-state index is -1.19. The molecule has 9 heteroatoms. The molecule has 3 aromatic rings. The van der Waals surface area contributed by atoms with Crippen molar-refractivity contribution in [2.45, 2.75) is 50.7 Å². The smallest absolute Gasteiger partial charge is 0.187 e. The molecule has 0 aliphatic heterocycles. The van der Waals surface area contributed by atoms with Gasteiger partial charge in [0.1, 0.15) is 17.3 Å². The Kier molecular flexibility index (Phi) is 6.42. The summed E-state index contributed by atoms with van der Waals surface area (Å²) in [7, 11) is 0. The van der Waals surface area contributed by atoms with Crippen LogP contribution in [0.15, 0.2) is 42.9 Å². The fourth-order valence-corrected chi connectivity index (χ4v) is 4.54. The van der Waals surface area contributed by atoms with Crippen molar-refractivity contribution >= 4 is 11.5 Å². The fourth-order valence-electron chi connectivity index (χ4n) is 4.54. The summed E-state index contributed by atoms with van der Waals surface area (Å²) in [5, 5.41) is 21.0. The highest BCUT2D eigenvalue weighted by atomic mass is 19.1. The molecule has 1 aliphatic carbocycles. The summed E-state index contributed by atoms with van der Waals surface area (Å²) >= 11 is 0. The van der Waals surface area contributed by atoms with Gasteiger partial charge in [0, 0.05) is 18.8 Å². The SMILES string of the molecule is C[C@H]1C[C@@H](c2ccncc2CC(=O)c2nc(-c3c(F)cccc3F)ncc2N)C[C@@H](O)[C@]1(C)O. The number of carbonyl (C=O) groups excluding carboxylic acids is 1. The minimum Gasteiger partial charge on any atom is -0.396 e. The molecule has 0 saturated heterocycles. The highest BCUT2D eigenvalue weighted by Crippen LogP contribution is 2.42. The summed E-state index contributed by atoms with van der Waals surface area (Å²) in [5.41, 5.74) is 5.65. The van der Waals surface area contributed by atoms with E-state index in [1.54, 1.807) is 25.4 Å². The monoisotopic (exact) mass is 468 g/mol. The maximum absolute atomic E-state index is 14.2. The first kappa shape index (κ1) is 23.8. The molecule has 1 saturated carbocycles. The van der Waals surface area contributed by atoms with Crippen LogP contribution >= 0.6 is 0 Å². The quantitative estimate of drug-likeness (QED) is 0.490. The maximum Gasteiger partial charge on any atom is 0.187 e. The van der Waals surface area contributed by atoms with Crippen LogP contribution in [0.25, 0.3) is 11.4 Å². The van der Waals surface area contributed by atoms with E-state index in [1.165, 1.54) is 6.07 Å². The van der Waals surface area contributed by atoms with Gasteiger partial charge in [-0.25, -0.2) is 18.7 Å². The number of aliphatic hydroxyl groups is 2. The van der Waals surface area contributed by atoms with Gasteiger partial charge in [0.25, 0.3) is 0 Å². The van der Waals surface area contributed by atoms with Gasteiger partial charge in [0.2, 0.25) is 0 Å². The second kappa shape index (κ2) is 9.15. The second-order valence-electron chi connectivity index (χ2n) is 9.08. The number of benzene rings is 1. The van der Waals surface area contributed by atoms with Crippen molar-refractivity contribution < 1.29 is 23.8 Å². The second-order valence-corrected chi connectivity index (χ2v) is 9.08. The van der Waals surface area contributed by atoms with E-state index in [1.807, 2.05) is 6.92 Å². The van der Waals surface area contributed by atoms with E-state index in [0.717, 1.165) is 23.9 Å². The Hall–Kier alpha value is -3.30. The Balaban J connectivity index is 1.64. The highest BCUT2D eigenvalue weighted by Gasteiger charge is 2.43. The van der Waals surface area contributed by atoms with Gasteiger partial charge in [-0.15, -0.1) is 0 Å². The number of carbonyl (C=O) groups is 1. The van der Waals surface area contributed by atoms with Crippen molar-refractivity contribution in [1.29, 1.82) is 0 Å². The third-order valence-corrected chi connectivity index (χ3v) is 6.82. The molecular weight excluding hydrogens is 442 g/mol. The number of hydrogen-bond acceptors (Lipinski definition) is 7. The zero-order chi connectivity index (χ0) is 24.6. The molecule has 4 N–H and O–H groups in total. The van der Waals surface area contributed by atoms with E-state index in [-0.39, 0.29) is 35.5 Å². The van der Waals surface area contributed by atoms with Crippen LogP contribution in [-0.2, 0) is 6.42 Å². The summed E-state index contributed by atoms with van der Waals surface area (Å²) in [5.74, 6) is -2.66. The van der Waals surface area contributed by atoms with Crippen LogP contribution < -0.4 is 5.73 Å². The normalized spacial score (nSPS) is 24.7. The van der Waals surface area contributed by atoms with E-state index in [2.05, 4.69) is 15.0 Å². The number of aliphatic hydroxyl groups excluding tert-OH is 1. The van der Waals surface area contributed by atoms with Gasteiger partial charge in [-0.3, -0.25) is 9.78 Å². The lowest BCUT2D eigenvalue weighted by Crippen LogP contribution is -2.49. The highest BCUT2D eigenvalue weighted by molar-refractivity contribution is 6.00. The molecule has 1 aromatic carbocycles. The van der Waals surface area contributed by atoms with E-state index in [0.29, 0.717) is 18.4 Å². The lowest BCUT2D eigenvalue weighted by atomic mass is 9.68. The molecule has 178 valence electrons. The molecule has 0 bridgehead atoms.